The van der Waals surface area contributed by atoms with Crippen LogP contribution in [0.15, 0.2) is 48.5 Å². The number of ether oxygens (including phenoxy) is 6. The quantitative estimate of drug-likeness (QED) is 0.0720. The van der Waals surface area contributed by atoms with E-state index >= 15 is 0 Å². The van der Waals surface area contributed by atoms with E-state index in [-0.39, 0.29) is 75.3 Å². The molecule has 7 atom stereocenters. The topological polar surface area (TPSA) is 287 Å². The van der Waals surface area contributed by atoms with Crippen LogP contribution in [-0.4, -0.2) is 168 Å². The van der Waals surface area contributed by atoms with E-state index in [1.807, 2.05) is 55.4 Å². The SMILES string of the molecule is CC(C)C[C@H]1C(=O)O[C@H](Cc2ccc(CNNC(=O)OC(C)(C)C)cc2)C(=O)N(C)[C@@H](CC(C)C)C(=O)O[C@H](C)C(=O)N(C)[C@@H](CC(C)C)C(=O)O[C@H](Cc2ccc(CNNC(=O)OC(C)(C)C)cc2)C(=O)N(C)[C@@H](CC(C)C)C(=O)OCC(=O)N1C. The number of hydrogen-bond acceptors (Lipinski definition) is 18. The molecular formula is C63H98N8O16. The molecule has 1 fully saturated rings. The van der Waals surface area contributed by atoms with Gasteiger partial charge in [0.05, 0.1) is 0 Å². The van der Waals surface area contributed by atoms with Gasteiger partial charge >= 0.3 is 36.1 Å². The average Bonchev–Trinajstić information content (AvgIpc) is 1.57. The van der Waals surface area contributed by atoms with Crippen LogP contribution in [0, 0.1) is 23.7 Å². The lowest BCUT2D eigenvalue weighted by atomic mass is 9.99. The van der Waals surface area contributed by atoms with E-state index in [1.54, 1.807) is 90.1 Å². The Morgan fingerprint density at radius 3 is 1.10 bits per heavy atom. The Bertz CT molecular complexity index is 2560. The van der Waals surface area contributed by atoms with Gasteiger partial charge in [-0.3, -0.25) is 30.0 Å². The van der Waals surface area contributed by atoms with E-state index in [1.165, 1.54) is 35.1 Å². The average molecular weight is 1220 g/mol. The third kappa shape index (κ3) is 25.1. The standard InChI is InChI=1S/C63H98N8O16/c1-37(2)28-46-56(76)82-36-52(72)68(16)47(29-38(3)4)58(78)84-51(33-43-22-26-45(27-23-43)35-65-67-61(81)87-63(13,14)15)55(75)71(19)48(30-39(5)6)57(77)83-41(9)53(73)69(17)49(31-40(7)8)59(79)85-50(54(74)70(46)18)32-42-20-24-44(25-21-42)34-64-66-60(80)86-62(10,11)12/h20-27,37-41,46-51,64-65H,28-36H2,1-19H3,(H,66,80)(H,67,81)/t41-,46+,47+,48+,49+,50-,51-/m1/s1. The number of nitrogens with one attached hydrogen (secondary N) is 4. The number of carbonyl (C=O) groups is 10. The molecule has 486 valence electrons. The minimum absolute atomic E-state index is 0.0402. The molecule has 1 saturated heterocycles. The number of likely N-dealkylation sites (N-methyl/N-ethyl adjacent to an activating group) is 4. The van der Waals surface area contributed by atoms with Crippen LogP contribution >= 0.6 is 0 Å². The molecule has 1 heterocycles. The molecule has 24 nitrogen and oxygen atoms in total. The summed E-state index contributed by atoms with van der Waals surface area (Å²) in [6, 6.07) is 8.43. The number of hydrazine groups is 2. The number of cyclic esters (lactones) is 4. The summed E-state index contributed by atoms with van der Waals surface area (Å²) < 4.78 is 34.4. The van der Waals surface area contributed by atoms with Gasteiger partial charge in [0.25, 0.3) is 23.6 Å². The molecule has 0 spiro atoms. The van der Waals surface area contributed by atoms with Gasteiger partial charge in [-0.25, -0.2) is 39.6 Å². The van der Waals surface area contributed by atoms with Crippen LogP contribution < -0.4 is 21.7 Å². The molecule has 0 aliphatic carbocycles. The fraction of sp³-hybridized carbons (Fsp3) is 0.651. The zero-order chi connectivity index (χ0) is 65.8. The first-order chi connectivity index (χ1) is 40.4. The summed E-state index contributed by atoms with van der Waals surface area (Å²) in [7, 11) is 5.40. The fourth-order valence-corrected chi connectivity index (χ4v) is 9.30. The van der Waals surface area contributed by atoms with Crippen LogP contribution in [-0.2, 0) is 92.7 Å². The molecule has 2 aromatic rings. The first-order valence-corrected chi connectivity index (χ1v) is 29.8. The van der Waals surface area contributed by atoms with Crippen LogP contribution in [0.3, 0.4) is 0 Å². The summed E-state index contributed by atoms with van der Waals surface area (Å²) in [6.45, 7) is 25.8. The van der Waals surface area contributed by atoms with Crippen LogP contribution in [0.5, 0.6) is 0 Å². The fourth-order valence-electron chi connectivity index (χ4n) is 9.30. The lowest BCUT2D eigenvalue weighted by Crippen LogP contribution is -2.54. The predicted octanol–water partition coefficient (Wildman–Crippen LogP) is 6.33. The van der Waals surface area contributed by atoms with Crippen molar-refractivity contribution >= 4 is 59.7 Å². The maximum atomic E-state index is 15.0. The Labute approximate surface area is 514 Å². The van der Waals surface area contributed by atoms with E-state index in [9.17, 15) is 47.9 Å². The van der Waals surface area contributed by atoms with E-state index < -0.39 is 120 Å². The van der Waals surface area contributed by atoms with Gasteiger partial charge in [-0.15, -0.1) is 0 Å². The van der Waals surface area contributed by atoms with Crippen molar-refractivity contribution < 1.29 is 76.4 Å². The van der Waals surface area contributed by atoms with Gasteiger partial charge in [0.15, 0.2) is 24.9 Å². The minimum Gasteiger partial charge on any atom is -0.454 e. The number of carbonyl (C=O) groups excluding carboxylic acids is 10. The Morgan fingerprint density at radius 1 is 0.471 bits per heavy atom. The maximum absolute atomic E-state index is 15.0. The lowest BCUT2D eigenvalue weighted by molar-refractivity contribution is -0.175. The molecule has 1 aliphatic rings. The highest BCUT2D eigenvalue weighted by Crippen LogP contribution is 2.24. The second-order valence-corrected chi connectivity index (χ2v) is 26.0. The van der Waals surface area contributed by atoms with Crippen molar-refractivity contribution in [3.8, 4) is 0 Å². The summed E-state index contributed by atoms with van der Waals surface area (Å²) in [5, 5.41) is 0. The van der Waals surface area contributed by atoms with Gasteiger partial charge < -0.3 is 48.0 Å². The van der Waals surface area contributed by atoms with Crippen molar-refractivity contribution in [2.45, 2.75) is 209 Å². The normalized spacial score (nSPS) is 21.6. The van der Waals surface area contributed by atoms with Crippen molar-refractivity contribution in [2.75, 3.05) is 34.8 Å². The zero-order valence-corrected chi connectivity index (χ0v) is 54.7. The van der Waals surface area contributed by atoms with Crippen molar-refractivity contribution in [2.24, 2.45) is 23.7 Å². The number of amides is 6. The van der Waals surface area contributed by atoms with Gasteiger partial charge in [-0.05, 0) is 120 Å². The lowest BCUT2D eigenvalue weighted by Gasteiger charge is -2.35. The summed E-state index contributed by atoms with van der Waals surface area (Å²) in [5.74, 6) is -7.96. The largest absolute Gasteiger partial charge is 0.454 e. The molecule has 0 aromatic heterocycles. The Kier molecular flexibility index (Phi) is 28.6. The highest BCUT2D eigenvalue weighted by Gasteiger charge is 2.42. The zero-order valence-electron chi connectivity index (χ0n) is 54.7. The van der Waals surface area contributed by atoms with Crippen molar-refractivity contribution in [3.63, 3.8) is 0 Å². The summed E-state index contributed by atoms with van der Waals surface area (Å²) >= 11 is 0. The number of nitrogens with zero attached hydrogens (tertiary/aromatic N) is 4. The predicted molar refractivity (Wildman–Crippen MR) is 323 cm³/mol. The summed E-state index contributed by atoms with van der Waals surface area (Å²) in [5.41, 5.74) is 11.6. The van der Waals surface area contributed by atoms with Gasteiger partial charge in [0, 0.05) is 54.1 Å². The second-order valence-electron chi connectivity index (χ2n) is 26.0. The number of esters is 4. The highest BCUT2D eigenvalue weighted by molar-refractivity contribution is 5.94. The molecule has 0 unspecified atom stereocenters. The monoisotopic (exact) mass is 1220 g/mol. The highest BCUT2D eigenvalue weighted by atomic mass is 16.6. The first-order valence-electron chi connectivity index (χ1n) is 29.8. The molecule has 4 N–H and O–H groups in total. The van der Waals surface area contributed by atoms with E-state index in [4.69, 9.17) is 28.4 Å². The molecular weight excluding hydrogens is 1120 g/mol. The smallest absolute Gasteiger partial charge is 0.422 e. The second kappa shape index (κ2) is 33.7. The van der Waals surface area contributed by atoms with Crippen LogP contribution in [0.2, 0.25) is 0 Å². The van der Waals surface area contributed by atoms with Gasteiger partial charge in [0.1, 0.15) is 35.4 Å². The van der Waals surface area contributed by atoms with Crippen molar-refractivity contribution in [1.29, 1.82) is 0 Å². The first kappa shape index (κ1) is 73.9. The molecule has 3 rings (SSSR count). The molecule has 87 heavy (non-hydrogen) atoms. The van der Waals surface area contributed by atoms with Crippen LogP contribution in [0.1, 0.15) is 152 Å². The molecule has 0 bridgehead atoms. The van der Waals surface area contributed by atoms with E-state index in [2.05, 4.69) is 21.7 Å². The number of benzene rings is 2. The van der Waals surface area contributed by atoms with Crippen LogP contribution in [0.4, 0.5) is 9.59 Å². The van der Waals surface area contributed by atoms with Crippen LogP contribution in [0.25, 0.3) is 0 Å². The summed E-state index contributed by atoms with van der Waals surface area (Å²) in [4.78, 5) is 146. The molecule has 0 saturated carbocycles. The number of rotatable bonds is 18. The third-order valence-corrected chi connectivity index (χ3v) is 13.9. The molecule has 24 heteroatoms. The van der Waals surface area contributed by atoms with Crippen molar-refractivity contribution in [1.82, 2.24) is 41.3 Å². The number of hydrogen-bond donors (Lipinski definition) is 4. The minimum atomic E-state index is -1.59. The Morgan fingerprint density at radius 2 is 0.770 bits per heavy atom. The van der Waals surface area contributed by atoms with Gasteiger partial charge in [-0.2, -0.15) is 0 Å². The Balaban J connectivity index is 2.17. The molecule has 0 radical (unpaired) electrons. The molecule has 6 amide bonds. The van der Waals surface area contributed by atoms with E-state index in [0.29, 0.717) is 11.1 Å². The molecule has 2 aromatic carbocycles. The maximum Gasteiger partial charge on any atom is 0.422 e. The summed E-state index contributed by atoms with van der Waals surface area (Å²) in [6.07, 6.45) is -6.31. The van der Waals surface area contributed by atoms with Gasteiger partial charge in [-0.1, -0.05) is 104 Å². The molecule has 1 aliphatic heterocycles. The van der Waals surface area contributed by atoms with E-state index in [0.717, 1.165) is 30.7 Å². The van der Waals surface area contributed by atoms with Gasteiger partial charge in [0.2, 0.25) is 0 Å². The Hall–Kier alpha value is -7.34. The third-order valence-electron chi connectivity index (χ3n) is 13.9. The van der Waals surface area contributed by atoms with Crippen molar-refractivity contribution in [3.05, 3.63) is 70.8 Å².